The van der Waals surface area contributed by atoms with Crippen LogP contribution in [0.15, 0.2) is 0 Å². The Balaban J connectivity index is 2.09. The van der Waals surface area contributed by atoms with E-state index in [0.717, 1.165) is 29.6 Å². The predicted octanol–water partition coefficient (Wildman–Crippen LogP) is 6.69. The zero-order valence-corrected chi connectivity index (χ0v) is 14.3. The summed E-state index contributed by atoms with van der Waals surface area (Å²) in [5, 5.41) is 0. The Hall–Kier alpha value is 0. The zero-order valence-electron chi connectivity index (χ0n) is 14.3. The summed E-state index contributed by atoms with van der Waals surface area (Å²) in [7, 11) is 0. The minimum atomic E-state index is 0.899. The lowest BCUT2D eigenvalue weighted by atomic mass is 9.68. The average Bonchev–Trinajstić information content (AvgIpc) is 2.32. The lowest BCUT2D eigenvalue weighted by Gasteiger charge is -2.37. The van der Waals surface area contributed by atoms with E-state index in [2.05, 4.69) is 34.6 Å². The standard InChI is InChI=1S/C19H38/c1-6-8-16(4)17(5)9-7-10-18-13-14-19(18)12-11-15(2)3/h15-19H,6-14H2,1-5H3. The van der Waals surface area contributed by atoms with Crippen molar-refractivity contribution in [1.29, 1.82) is 0 Å². The van der Waals surface area contributed by atoms with Crippen LogP contribution in [0.25, 0.3) is 0 Å². The number of hydrogen-bond donors (Lipinski definition) is 0. The second kappa shape index (κ2) is 9.03. The summed E-state index contributed by atoms with van der Waals surface area (Å²) < 4.78 is 0. The minimum absolute atomic E-state index is 0.899. The van der Waals surface area contributed by atoms with Crippen LogP contribution in [0, 0.1) is 29.6 Å². The van der Waals surface area contributed by atoms with Crippen LogP contribution in [0.1, 0.15) is 92.4 Å². The van der Waals surface area contributed by atoms with Gasteiger partial charge in [0.2, 0.25) is 0 Å². The fourth-order valence-electron chi connectivity index (χ4n) is 3.67. The van der Waals surface area contributed by atoms with Gasteiger partial charge in [-0.3, -0.25) is 0 Å². The maximum atomic E-state index is 2.47. The van der Waals surface area contributed by atoms with Gasteiger partial charge in [0.05, 0.1) is 0 Å². The highest BCUT2D eigenvalue weighted by Crippen LogP contribution is 2.41. The Kier molecular flexibility index (Phi) is 8.11. The summed E-state index contributed by atoms with van der Waals surface area (Å²) in [6.07, 6.45) is 13.3. The Morgan fingerprint density at radius 2 is 1.37 bits per heavy atom. The summed E-state index contributed by atoms with van der Waals surface area (Å²) in [4.78, 5) is 0. The van der Waals surface area contributed by atoms with E-state index in [-0.39, 0.29) is 0 Å². The molecule has 0 aromatic carbocycles. The summed E-state index contributed by atoms with van der Waals surface area (Å²) in [6, 6.07) is 0. The first kappa shape index (κ1) is 17.1. The molecule has 0 bridgehead atoms. The van der Waals surface area contributed by atoms with Gasteiger partial charge in [0.1, 0.15) is 0 Å². The molecule has 4 unspecified atom stereocenters. The fraction of sp³-hybridized carbons (Fsp3) is 1.00. The molecule has 1 aliphatic carbocycles. The normalized spacial score (nSPS) is 26.2. The molecule has 1 rings (SSSR count). The quantitative estimate of drug-likeness (QED) is 0.413. The van der Waals surface area contributed by atoms with Gasteiger partial charge in [0.25, 0.3) is 0 Å². The van der Waals surface area contributed by atoms with E-state index >= 15 is 0 Å². The molecule has 0 amide bonds. The van der Waals surface area contributed by atoms with E-state index < -0.39 is 0 Å². The van der Waals surface area contributed by atoms with E-state index in [0.29, 0.717) is 0 Å². The van der Waals surface area contributed by atoms with Crippen LogP contribution in [0.5, 0.6) is 0 Å². The van der Waals surface area contributed by atoms with Gasteiger partial charge >= 0.3 is 0 Å². The van der Waals surface area contributed by atoms with Crippen molar-refractivity contribution in [3.05, 3.63) is 0 Å². The summed E-state index contributed by atoms with van der Waals surface area (Å²) in [6.45, 7) is 12.0. The molecule has 0 spiro atoms. The molecular formula is C19H38. The average molecular weight is 267 g/mol. The molecule has 114 valence electrons. The summed E-state index contributed by atoms with van der Waals surface area (Å²) >= 11 is 0. The molecule has 0 nitrogen and oxygen atoms in total. The SMILES string of the molecule is CCCC(C)C(C)CCCC1CCC1CCC(C)C. The van der Waals surface area contributed by atoms with Crippen LogP contribution in [-0.2, 0) is 0 Å². The third-order valence-electron chi connectivity index (χ3n) is 5.64. The van der Waals surface area contributed by atoms with Crippen molar-refractivity contribution in [3.63, 3.8) is 0 Å². The van der Waals surface area contributed by atoms with Crippen LogP contribution in [0.2, 0.25) is 0 Å². The molecule has 19 heavy (non-hydrogen) atoms. The number of rotatable bonds is 10. The number of hydrogen-bond acceptors (Lipinski definition) is 0. The highest BCUT2D eigenvalue weighted by atomic mass is 14.3. The monoisotopic (exact) mass is 266 g/mol. The first-order valence-electron chi connectivity index (χ1n) is 9.04. The maximum absolute atomic E-state index is 2.47. The minimum Gasteiger partial charge on any atom is -0.0654 e. The molecule has 0 aliphatic heterocycles. The van der Waals surface area contributed by atoms with Crippen molar-refractivity contribution in [1.82, 2.24) is 0 Å². The van der Waals surface area contributed by atoms with Crippen LogP contribution < -0.4 is 0 Å². The molecule has 0 N–H and O–H groups in total. The van der Waals surface area contributed by atoms with E-state index in [1.165, 1.54) is 57.8 Å². The van der Waals surface area contributed by atoms with Crippen LogP contribution in [-0.4, -0.2) is 0 Å². The van der Waals surface area contributed by atoms with Crippen LogP contribution in [0.4, 0.5) is 0 Å². The van der Waals surface area contributed by atoms with Gasteiger partial charge in [-0.2, -0.15) is 0 Å². The highest BCUT2D eigenvalue weighted by molar-refractivity contribution is 4.81. The van der Waals surface area contributed by atoms with E-state index in [4.69, 9.17) is 0 Å². The molecule has 0 heterocycles. The molecule has 1 fully saturated rings. The Bertz CT molecular complexity index is 218. The molecule has 1 aliphatic rings. The third kappa shape index (κ3) is 6.32. The van der Waals surface area contributed by atoms with Gasteiger partial charge in [-0.1, -0.05) is 73.1 Å². The first-order valence-corrected chi connectivity index (χ1v) is 9.04. The van der Waals surface area contributed by atoms with Crippen molar-refractivity contribution in [2.24, 2.45) is 29.6 Å². The Labute approximate surface area is 122 Å². The van der Waals surface area contributed by atoms with Crippen molar-refractivity contribution in [3.8, 4) is 0 Å². The largest absolute Gasteiger partial charge is 0.0654 e. The second-order valence-corrected chi connectivity index (χ2v) is 7.74. The van der Waals surface area contributed by atoms with E-state index in [1.807, 2.05) is 0 Å². The van der Waals surface area contributed by atoms with Gasteiger partial charge in [-0.15, -0.1) is 0 Å². The zero-order chi connectivity index (χ0) is 14.3. The van der Waals surface area contributed by atoms with Crippen LogP contribution in [0.3, 0.4) is 0 Å². The summed E-state index contributed by atoms with van der Waals surface area (Å²) in [5.41, 5.74) is 0. The lowest BCUT2D eigenvalue weighted by molar-refractivity contribution is 0.138. The third-order valence-corrected chi connectivity index (χ3v) is 5.64. The predicted molar refractivity (Wildman–Crippen MR) is 87.4 cm³/mol. The van der Waals surface area contributed by atoms with E-state index in [9.17, 15) is 0 Å². The van der Waals surface area contributed by atoms with Gasteiger partial charge in [-0.25, -0.2) is 0 Å². The topological polar surface area (TPSA) is 0 Å². The Morgan fingerprint density at radius 1 is 0.789 bits per heavy atom. The second-order valence-electron chi connectivity index (χ2n) is 7.74. The smallest absolute Gasteiger partial charge is 0.0386 e. The Morgan fingerprint density at radius 3 is 1.89 bits per heavy atom. The van der Waals surface area contributed by atoms with Gasteiger partial charge in [-0.05, 0) is 48.9 Å². The van der Waals surface area contributed by atoms with Crippen molar-refractivity contribution >= 4 is 0 Å². The fourth-order valence-corrected chi connectivity index (χ4v) is 3.67. The summed E-state index contributed by atoms with van der Waals surface area (Å²) in [5.74, 6) is 4.95. The molecule has 0 radical (unpaired) electrons. The first-order chi connectivity index (χ1) is 9.04. The molecule has 1 saturated carbocycles. The van der Waals surface area contributed by atoms with Gasteiger partial charge in [0.15, 0.2) is 0 Å². The molecule has 0 aromatic heterocycles. The molecular weight excluding hydrogens is 228 g/mol. The molecule has 0 aromatic rings. The maximum Gasteiger partial charge on any atom is -0.0386 e. The van der Waals surface area contributed by atoms with Crippen LogP contribution >= 0.6 is 0 Å². The van der Waals surface area contributed by atoms with Gasteiger partial charge < -0.3 is 0 Å². The highest BCUT2D eigenvalue weighted by Gasteiger charge is 2.29. The molecule has 0 saturated heterocycles. The van der Waals surface area contributed by atoms with Crippen molar-refractivity contribution in [2.75, 3.05) is 0 Å². The van der Waals surface area contributed by atoms with Crippen molar-refractivity contribution < 1.29 is 0 Å². The lowest BCUT2D eigenvalue weighted by Crippen LogP contribution is -2.26. The van der Waals surface area contributed by atoms with Crippen molar-refractivity contribution in [2.45, 2.75) is 92.4 Å². The molecule has 4 atom stereocenters. The molecule has 0 heteroatoms. The van der Waals surface area contributed by atoms with Gasteiger partial charge in [0, 0.05) is 0 Å². The van der Waals surface area contributed by atoms with E-state index in [1.54, 1.807) is 0 Å².